The second kappa shape index (κ2) is 9.58. The zero-order chi connectivity index (χ0) is 20.0. The van der Waals surface area contributed by atoms with E-state index < -0.39 is 5.97 Å². The highest BCUT2D eigenvalue weighted by Crippen LogP contribution is 2.22. The first kappa shape index (κ1) is 21.0. The number of benzene rings is 2. The number of rotatable bonds is 6. The summed E-state index contributed by atoms with van der Waals surface area (Å²) in [7, 11) is 1.68. The van der Waals surface area contributed by atoms with Crippen molar-refractivity contribution in [3.05, 3.63) is 74.8 Å². The Balaban J connectivity index is 1.86. The van der Waals surface area contributed by atoms with E-state index in [-0.39, 0.29) is 12.5 Å². The summed E-state index contributed by atoms with van der Waals surface area (Å²) in [6.07, 6.45) is 2.75. The lowest BCUT2D eigenvalue weighted by Gasteiger charge is -2.18. The summed E-state index contributed by atoms with van der Waals surface area (Å²) in [5.74, 6) is -0.893. The third-order valence-electron chi connectivity index (χ3n) is 4.03. The van der Waals surface area contributed by atoms with Gasteiger partial charge in [0.25, 0.3) is 5.91 Å². The van der Waals surface area contributed by atoms with Crippen molar-refractivity contribution >= 4 is 41.2 Å². The molecular formula is C21H21Cl2NO3. The molecule has 0 radical (unpaired) electrons. The third-order valence-corrected chi connectivity index (χ3v) is 4.59. The normalized spacial score (nSPS) is 10.9. The Kier molecular flexibility index (Phi) is 7.45. The minimum Gasteiger partial charge on any atom is -0.452 e. The van der Waals surface area contributed by atoms with Gasteiger partial charge in [-0.15, -0.1) is 0 Å². The molecule has 0 saturated heterocycles. The first-order valence-electron chi connectivity index (χ1n) is 8.36. The molecule has 0 atom stereocenters. The largest absolute Gasteiger partial charge is 0.452 e. The predicted molar refractivity (Wildman–Crippen MR) is 109 cm³/mol. The number of nitrogens with zero attached hydrogens (tertiary/aromatic N) is 1. The van der Waals surface area contributed by atoms with Crippen LogP contribution in [-0.4, -0.2) is 30.4 Å². The average molecular weight is 406 g/mol. The molecule has 2 rings (SSSR count). The molecule has 2 aromatic carbocycles. The van der Waals surface area contributed by atoms with Gasteiger partial charge in [-0.05, 0) is 48.7 Å². The van der Waals surface area contributed by atoms with Crippen molar-refractivity contribution in [1.82, 2.24) is 4.90 Å². The van der Waals surface area contributed by atoms with Gasteiger partial charge < -0.3 is 9.64 Å². The van der Waals surface area contributed by atoms with Gasteiger partial charge in [-0.1, -0.05) is 53.0 Å². The van der Waals surface area contributed by atoms with E-state index in [9.17, 15) is 9.59 Å². The molecule has 0 N–H and O–H groups in total. The van der Waals surface area contributed by atoms with Crippen molar-refractivity contribution in [2.75, 3.05) is 13.7 Å². The molecule has 0 spiro atoms. The second-order valence-corrected chi connectivity index (χ2v) is 7.13. The zero-order valence-corrected chi connectivity index (χ0v) is 17.0. The lowest BCUT2D eigenvalue weighted by atomic mass is 10.1. The van der Waals surface area contributed by atoms with E-state index in [1.165, 1.54) is 22.6 Å². The summed E-state index contributed by atoms with van der Waals surface area (Å²) in [6, 6.07) is 11.0. The Hall–Kier alpha value is -2.30. The van der Waals surface area contributed by atoms with Crippen LogP contribution in [0.15, 0.2) is 42.5 Å². The number of hydrogen-bond acceptors (Lipinski definition) is 3. The fourth-order valence-corrected chi connectivity index (χ4v) is 2.92. The van der Waals surface area contributed by atoms with Gasteiger partial charge in [-0.25, -0.2) is 4.79 Å². The molecule has 0 aliphatic rings. The van der Waals surface area contributed by atoms with Crippen molar-refractivity contribution in [2.45, 2.75) is 20.4 Å². The van der Waals surface area contributed by atoms with E-state index in [4.69, 9.17) is 27.9 Å². The highest BCUT2D eigenvalue weighted by atomic mass is 35.5. The number of esters is 1. The van der Waals surface area contributed by atoms with Gasteiger partial charge >= 0.3 is 5.97 Å². The van der Waals surface area contributed by atoms with Crippen molar-refractivity contribution in [3.8, 4) is 0 Å². The first-order chi connectivity index (χ1) is 12.8. The highest BCUT2D eigenvalue weighted by molar-refractivity contribution is 6.35. The average Bonchev–Trinajstić information content (AvgIpc) is 2.61. The summed E-state index contributed by atoms with van der Waals surface area (Å²) in [4.78, 5) is 25.5. The van der Waals surface area contributed by atoms with Crippen LogP contribution in [0.25, 0.3) is 6.08 Å². The quantitative estimate of drug-likeness (QED) is 0.510. The molecule has 2 aromatic rings. The molecule has 0 aliphatic carbocycles. The van der Waals surface area contributed by atoms with Crippen LogP contribution in [0.2, 0.25) is 10.0 Å². The number of carbonyl (C=O) groups excluding carboxylic acids is 2. The summed E-state index contributed by atoms with van der Waals surface area (Å²) in [6.45, 7) is 4.17. The van der Waals surface area contributed by atoms with Crippen LogP contribution < -0.4 is 0 Å². The molecular weight excluding hydrogens is 385 g/mol. The van der Waals surface area contributed by atoms with Crippen molar-refractivity contribution in [3.63, 3.8) is 0 Å². The van der Waals surface area contributed by atoms with E-state index in [0.29, 0.717) is 22.2 Å². The fraction of sp³-hybridized carbons (Fsp3) is 0.238. The van der Waals surface area contributed by atoms with Gasteiger partial charge in [-0.3, -0.25) is 4.79 Å². The number of likely N-dealkylation sites (N-methyl/N-ethyl adjacent to an activating group) is 1. The SMILES string of the molecule is Cc1ccc(CN(C)C(=O)COC(=O)/C=C/c2ccc(Cl)cc2Cl)c(C)c1. The van der Waals surface area contributed by atoms with Gasteiger partial charge in [0.15, 0.2) is 6.61 Å². The molecule has 0 aliphatic heterocycles. The maximum absolute atomic E-state index is 12.2. The van der Waals surface area contributed by atoms with Crippen LogP contribution in [0.1, 0.15) is 22.3 Å². The number of halogens is 2. The lowest BCUT2D eigenvalue weighted by Crippen LogP contribution is -2.30. The molecule has 6 heteroatoms. The molecule has 4 nitrogen and oxygen atoms in total. The Labute approximate surface area is 169 Å². The van der Waals surface area contributed by atoms with Gasteiger partial charge in [0.2, 0.25) is 0 Å². The standard InChI is InChI=1S/C21H21Cl2NO3/c1-14-4-5-17(15(2)10-14)12-24(3)20(25)13-27-21(26)9-7-16-6-8-18(22)11-19(16)23/h4-11H,12-13H2,1-3H3/b9-7+. The fourth-order valence-electron chi connectivity index (χ4n) is 2.45. The van der Waals surface area contributed by atoms with Crippen molar-refractivity contribution < 1.29 is 14.3 Å². The van der Waals surface area contributed by atoms with Gasteiger partial charge in [0.1, 0.15) is 0 Å². The van der Waals surface area contributed by atoms with Gasteiger partial charge in [0, 0.05) is 29.7 Å². The van der Waals surface area contributed by atoms with E-state index in [0.717, 1.165) is 11.1 Å². The minimum absolute atomic E-state index is 0.277. The Morgan fingerprint density at radius 2 is 1.85 bits per heavy atom. The molecule has 0 fully saturated rings. The van der Waals surface area contributed by atoms with Crippen LogP contribution in [0.3, 0.4) is 0 Å². The summed E-state index contributed by atoms with van der Waals surface area (Å²) >= 11 is 11.9. The van der Waals surface area contributed by atoms with Gasteiger partial charge in [-0.2, -0.15) is 0 Å². The minimum atomic E-state index is -0.616. The summed E-state index contributed by atoms with van der Waals surface area (Å²) in [5.41, 5.74) is 3.98. The monoisotopic (exact) mass is 405 g/mol. The topological polar surface area (TPSA) is 46.6 Å². The lowest BCUT2D eigenvalue weighted by molar-refractivity contribution is -0.147. The number of amides is 1. The van der Waals surface area contributed by atoms with E-state index in [2.05, 4.69) is 6.07 Å². The molecule has 27 heavy (non-hydrogen) atoms. The van der Waals surface area contributed by atoms with Crippen LogP contribution >= 0.6 is 23.2 Å². The maximum atomic E-state index is 12.2. The number of carbonyl (C=O) groups is 2. The van der Waals surface area contributed by atoms with Crippen molar-refractivity contribution in [2.24, 2.45) is 0 Å². The summed E-state index contributed by atoms with van der Waals surface area (Å²) < 4.78 is 5.01. The molecule has 0 aromatic heterocycles. The second-order valence-electron chi connectivity index (χ2n) is 6.29. The maximum Gasteiger partial charge on any atom is 0.331 e. The van der Waals surface area contributed by atoms with E-state index in [1.54, 1.807) is 25.2 Å². The third kappa shape index (κ3) is 6.42. The van der Waals surface area contributed by atoms with Crippen LogP contribution in [0, 0.1) is 13.8 Å². The zero-order valence-electron chi connectivity index (χ0n) is 15.5. The van der Waals surface area contributed by atoms with Crippen LogP contribution in [0.4, 0.5) is 0 Å². The van der Waals surface area contributed by atoms with Gasteiger partial charge in [0.05, 0.1) is 0 Å². The molecule has 0 saturated carbocycles. The highest BCUT2D eigenvalue weighted by Gasteiger charge is 2.12. The Morgan fingerprint density at radius 3 is 2.52 bits per heavy atom. The molecule has 0 bridgehead atoms. The number of ether oxygens (including phenoxy) is 1. The van der Waals surface area contributed by atoms with E-state index in [1.807, 2.05) is 26.0 Å². The smallest absolute Gasteiger partial charge is 0.331 e. The van der Waals surface area contributed by atoms with Crippen LogP contribution in [-0.2, 0) is 20.9 Å². The first-order valence-corrected chi connectivity index (χ1v) is 9.12. The molecule has 142 valence electrons. The van der Waals surface area contributed by atoms with Crippen molar-refractivity contribution in [1.29, 1.82) is 0 Å². The molecule has 1 amide bonds. The number of aryl methyl sites for hydroxylation is 2. The summed E-state index contributed by atoms with van der Waals surface area (Å²) in [5, 5.41) is 0.938. The van der Waals surface area contributed by atoms with Crippen LogP contribution in [0.5, 0.6) is 0 Å². The Bertz CT molecular complexity index is 878. The molecule has 0 unspecified atom stereocenters. The predicted octanol–water partition coefficient (Wildman–Crippen LogP) is 4.83. The number of hydrogen-bond donors (Lipinski definition) is 0. The van der Waals surface area contributed by atoms with E-state index >= 15 is 0 Å². The molecule has 0 heterocycles. The Morgan fingerprint density at radius 1 is 1.11 bits per heavy atom.